The van der Waals surface area contributed by atoms with Gasteiger partial charge in [-0.05, 0) is 36.8 Å². The second-order valence-corrected chi connectivity index (χ2v) is 4.85. The van der Waals surface area contributed by atoms with Gasteiger partial charge in [-0.2, -0.15) is 0 Å². The maximum Gasteiger partial charge on any atom is 0.273 e. The van der Waals surface area contributed by atoms with Crippen molar-refractivity contribution < 1.29 is 14.0 Å². The Morgan fingerprint density at radius 3 is 2.48 bits per heavy atom. The normalized spacial score (nSPS) is 10.2. The van der Waals surface area contributed by atoms with Crippen molar-refractivity contribution in [1.82, 2.24) is 10.4 Å². The summed E-state index contributed by atoms with van der Waals surface area (Å²) in [5, 5.41) is 1.84. The van der Waals surface area contributed by atoms with E-state index in [1.165, 1.54) is 23.6 Å². The number of carbonyl (C=O) groups excluding carboxylic acids is 2. The molecule has 0 radical (unpaired) electrons. The molecule has 2 aromatic rings. The molecule has 1 aromatic heterocycles. The molecule has 0 aliphatic carbocycles. The lowest BCUT2D eigenvalue weighted by molar-refractivity contribution is 0.0583. The predicted octanol–water partition coefficient (Wildman–Crippen LogP) is 3.13. The topological polar surface area (TPSA) is 62.6 Å². The largest absolute Gasteiger partial charge is 0.472 e. The van der Waals surface area contributed by atoms with E-state index in [0.717, 1.165) is 0 Å². The van der Waals surface area contributed by atoms with Crippen molar-refractivity contribution >= 4 is 23.4 Å². The third-order valence-electron chi connectivity index (χ3n) is 2.80. The lowest BCUT2D eigenvalue weighted by Crippen LogP contribution is -2.46. The fraction of sp³-hybridized carbons (Fsp3) is 0.200. The van der Waals surface area contributed by atoms with E-state index in [9.17, 15) is 9.59 Å². The number of furan rings is 1. The van der Waals surface area contributed by atoms with E-state index in [2.05, 4.69) is 5.43 Å². The number of benzene rings is 1. The minimum absolute atomic E-state index is 0.287. The summed E-state index contributed by atoms with van der Waals surface area (Å²) in [6.45, 7) is 2.33. The number of hydrogen-bond donors (Lipinski definition) is 1. The van der Waals surface area contributed by atoms with Crippen LogP contribution in [0.4, 0.5) is 0 Å². The predicted molar refractivity (Wildman–Crippen MR) is 79.0 cm³/mol. The highest BCUT2D eigenvalue weighted by Crippen LogP contribution is 2.11. The minimum atomic E-state index is -0.389. The zero-order valence-corrected chi connectivity index (χ0v) is 12.3. The fourth-order valence-corrected chi connectivity index (χ4v) is 1.89. The SMILES string of the molecule is CCCN(NC(=O)c1ccoc1)C(=O)c1ccc(Cl)cc1. The maximum absolute atomic E-state index is 12.4. The van der Waals surface area contributed by atoms with Crippen LogP contribution in [-0.4, -0.2) is 23.4 Å². The van der Waals surface area contributed by atoms with Crippen LogP contribution < -0.4 is 5.43 Å². The Labute approximate surface area is 127 Å². The molecule has 0 spiro atoms. The Morgan fingerprint density at radius 2 is 1.90 bits per heavy atom. The molecule has 0 fully saturated rings. The van der Waals surface area contributed by atoms with Crippen LogP contribution in [0.2, 0.25) is 5.02 Å². The number of rotatable bonds is 4. The average molecular weight is 307 g/mol. The quantitative estimate of drug-likeness (QED) is 0.883. The van der Waals surface area contributed by atoms with Gasteiger partial charge in [-0.15, -0.1) is 0 Å². The molecule has 6 heteroatoms. The zero-order valence-electron chi connectivity index (χ0n) is 11.5. The molecule has 1 N–H and O–H groups in total. The standard InChI is InChI=1S/C15H15ClN2O3/c1-2-8-18(17-14(19)12-7-9-21-10-12)15(20)11-3-5-13(16)6-4-11/h3-7,9-10H,2,8H2,1H3,(H,17,19). The highest BCUT2D eigenvalue weighted by Gasteiger charge is 2.18. The average Bonchev–Trinajstić information content (AvgIpc) is 3.01. The smallest absolute Gasteiger partial charge is 0.273 e. The van der Waals surface area contributed by atoms with Gasteiger partial charge in [-0.3, -0.25) is 15.0 Å². The Hall–Kier alpha value is -2.27. The van der Waals surface area contributed by atoms with Gasteiger partial charge in [0.25, 0.3) is 11.8 Å². The van der Waals surface area contributed by atoms with Gasteiger partial charge in [-0.1, -0.05) is 18.5 Å². The van der Waals surface area contributed by atoms with Crippen LogP contribution >= 0.6 is 11.6 Å². The van der Waals surface area contributed by atoms with E-state index in [4.69, 9.17) is 16.0 Å². The highest BCUT2D eigenvalue weighted by atomic mass is 35.5. The maximum atomic E-state index is 12.4. The molecule has 0 saturated heterocycles. The first kappa shape index (κ1) is 15.1. The van der Waals surface area contributed by atoms with Crippen LogP contribution in [0, 0.1) is 0 Å². The molecular formula is C15H15ClN2O3. The number of hydrazine groups is 1. The monoisotopic (exact) mass is 306 g/mol. The number of carbonyl (C=O) groups is 2. The third kappa shape index (κ3) is 3.86. The molecule has 21 heavy (non-hydrogen) atoms. The summed E-state index contributed by atoms with van der Waals surface area (Å²) in [7, 11) is 0. The van der Waals surface area contributed by atoms with Gasteiger partial charge in [0.15, 0.2) is 0 Å². The van der Waals surface area contributed by atoms with Crippen LogP contribution in [0.5, 0.6) is 0 Å². The molecule has 2 amide bonds. The lowest BCUT2D eigenvalue weighted by atomic mass is 10.2. The molecule has 5 nitrogen and oxygen atoms in total. The Balaban J connectivity index is 2.12. The van der Waals surface area contributed by atoms with Gasteiger partial charge in [0.1, 0.15) is 6.26 Å². The van der Waals surface area contributed by atoms with Gasteiger partial charge in [0.2, 0.25) is 0 Å². The molecule has 1 aromatic carbocycles. The van der Waals surface area contributed by atoms with Crippen molar-refractivity contribution in [3.05, 3.63) is 59.0 Å². The first-order valence-electron chi connectivity index (χ1n) is 6.52. The van der Waals surface area contributed by atoms with Crippen LogP contribution in [0.3, 0.4) is 0 Å². The summed E-state index contributed by atoms with van der Waals surface area (Å²) in [6.07, 6.45) is 3.44. The Kier molecular flexibility index (Phi) is 5.00. The molecular weight excluding hydrogens is 292 g/mol. The minimum Gasteiger partial charge on any atom is -0.472 e. The van der Waals surface area contributed by atoms with Gasteiger partial charge < -0.3 is 4.42 Å². The Bertz CT molecular complexity index is 608. The van der Waals surface area contributed by atoms with Crippen molar-refractivity contribution in [2.75, 3.05) is 6.54 Å². The van der Waals surface area contributed by atoms with E-state index in [1.54, 1.807) is 24.3 Å². The molecule has 0 aliphatic heterocycles. The van der Waals surface area contributed by atoms with E-state index < -0.39 is 0 Å². The van der Waals surface area contributed by atoms with Crippen molar-refractivity contribution in [1.29, 1.82) is 0 Å². The van der Waals surface area contributed by atoms with E-state index in [1.807, 2.05) is 6.92 Å². The van der Waals surface area contributed by atoms with Crippen molar-refractivity contribution in [3.63, 3.8) is 0 Å². The second kappa shape index (κ2) is 6.95. The zero-order chi connectivity index (χ0) is 15.2. The van der Waals surface area contributed by atoms with Crippen molar-refractivity contribution in [3.8, 4) is 0 Å². The lowest BCUT2D eigenvalue weighted by Gasteiger charge is -2.22. The summed E-state index contributed by atoms with van der Waals surface area (Å²) in [5.41, 5.74) is 3.40. The number of nitrogens with zero attached hydrogens (tertiary/aromatic N) is 1. The number of halogens is 1. The first-order valence-corrected chi connectivity index (χ1v) is 6.90. The van der Waals surface area contributed by atoms with Crippen LogP contribution in [0.1, 0.15) is 34.1 Å². The third-order valence-corrected chi connectivity index (χ3v) is 3.06. The van der Waals surface area contributed by atoms with Crippen LogP contribution in [0.15, 0.2) is 47.3 Å². The number of nitrogens with one attached hydrogen (secondary N) is 1. The highest BCUT2D eigenvalue weighted by molar-refractivity contribution is 6.30. The molecule has 0 bridgehead atoms. The Morgan fingerprint density at radius 1 is 1.19 bits per heavy atom. The number of hydrogen-bond acceptors (Lipinski definition) is 3. The van der Waals surface area contributed by atoms with E-state index >= 15 is 0 Å². The molecule has 1 heterocycles. The van der Waals surface area contributed by atoms with Crippen LogP contribution in [-0.2, 0) is 0 Å². The summed E-state index contributed by atoms with van der Waals surface area (Å²) in [5.74, 6) is -0.676. The fourth-order valence-electron chi connectivity index (χ4n) is 1.76. The first-order chi connectivity index (χ1) is 10.1. The van der Waals surface area contributed by atoms with Crippen LogP contribution in [0.25, 0.3) is 0 Å². The van der Waals surface area contributed by atoms with E-state index in [0.29, 0.717) is 29.1 Å². The second-order valence-electron chi connectivity index (χ2n) is 4.42. The van der Waals surface area contributed by atoms with Gasteiger partial charge in [0, 0.05) is 17.1 Å². The van der Waals surface area contributed by atoms with Gasteiger partial charge in [0.05, 0.1) is 11.8 Å². The summed E-state index contributed by atoms with van der Waals surface area (Å²) < 4.78 is 4.86. The van der Waals surface area contributed by atoms with E-state index in [-0.39, 0.29) is 11.8 Å². The summed E-state index contributed by atoms with van der Waals surface area (Å²) >= 11 is 5.80. The molecule has 110 valence electrons. The molecule has 0 atom stereocenters. The van der Waals surface area contributed by atoms with Gasteiger partial charge in [-0.25, -0.2) is 5.01 Å². The molecule has 0 aliphatic rings. The van der Waals surface area contributed by atoms with Crippen molar-refractivity contribution in [2.24, 2.45) is 0 Å². The molecule has 0 saturated carbocycles. The summed E-state index contributed by atoms with van der Waals surface area (Å²) in [4.78, 5) is 24.4. The van der Waals surface area contributed by atoms with Gasteiger partial charge >= 0.3 is 0 Å². The molecule has 0 unspecified atom stereocenters. The molecule has 2 rings (SSSR count). The number of amides is 2. The summed E-state index contributed by atoms with van der Waals surface area (Å²) in [6, 6.07) is 8.05. The van der Waals surface area contributed by atoms with Crippen molar-refractivity contribution in [2.45, 2.75) is 13.3 Å².